The first-order valence-electron chi connectivity index (χ1n) is 5.26. The van der Waals surface area contributed by atoms with E-state index in [2.05, 4.69) is 15.6 Å². The topological polar surface area (TPSA) is 41.6 Å². The fraction of sp³-hybridized carbons (Fsp3) is 0.333. The number of pyridine rings is 1. The van der Waals surface area contributed by atoms with Crippen molar-refractivity contribution in [2.75, 3.05) is 0 Å². The van der Waals surface area contributed by atoms with E-state index in [0.717, 1.165) is 16.6 Å². The molecule has 2 heterocycles. The largest absolute Gasteiger partial charge is 0.328 e. The smallest absolute Gasteiger partial charge is 0.141 e. The maximum atomic E-state index is 9.03. The number of nitriles is 1. The van der Waals surface area contributed by atoms with Gasteiger partial charge in [0.05, 0.1) is 5.56 Å². The van der Waals surface area contributed by atoms with Crippen molar-refractivity contribution in [1.29, 1.82) is 5.26 Å². The molecule has 3 nitrogen and oxygen atoms in total. The van der Waals surface area contributed by atoms with Crippen LogP contribution in [0, 0.1) is 11.3 Å². The molecular weight excluding hydrogens is 186 g/mol. The number of fused-ring (bicyclic) bond motifs is 1. The van der Waals surface area contributed by atoms with Gasteiger partial charge in [-0.15, -0.1) is 0 Å². The SMILES string of the molecule is N#Cc1cn(C2CCC2)c2ncccc12. The quantitative estimate of drug-likeness (QED) is 0.705. The molecule has 0 aliphatic heterocycles. The van der Waals surface area contributed by atoms with E-state index in [1.165, 1.54) is 19.3 Å². The third-order valence-corrected chi connectivity index (χ3v) is 3.18. The van der Waals surface area contributed by atoms with E-state index in [0.29, 0.717) is 6.04 Å². The fourth-order valence-corrected chi connectivity index (χ4v) is 2.12. The summed E-state index contributed by atoms with van der Waals surface area (Å²) in [4.78, 5) is 4.36. The Bertz CT molecular complexity index is 543. The molecule has 2 aromatic heterocycles. The van der Waals surface area contributed by atoms with Crippen LogP contribution in [0.3, 0.4) is 0 Å². The Morgan fingerprint density at radius 2 is 2.33 bits per heavy atom. The number of hydrogen-bond acceptors (Lipinski definition) is 2. The molecule has 0 atom stereocenters. The van der Waals surface area contributed by atoms with Crippen LogP contribution in [0.2, 0.25) is 0 Å². The summed E-state index contributed by atoms with van der Waals surface area (Å²) in [7, 11) is 0. The predicted molar refractivity (Wildman–Crippen MR) is 57.3 cm³/mol. The van der Waals surface area contributed by atoms with Crippen molar-refractivity contribution in [3.8, 4) is 6.07 Å². The summed E-state index contributed by atoms with van der Waals surface area (Å²) in [6, 6.07) is 6.64. The van der Waals surface area contributed by atoms with Crippen molar-refractivity contribution in [2.45, 2.75) is 25.3 Å². The summed E-state index contributed by atoms with van der Waals surface area (Å²) < 4.78 is 2.16. The Morgan fingerprint density at radius 3 is 3.00 bits per heavy atom. The van der Waals surface area contributed by atoms with Crippen molar-refractivity contribution >= 4 is 11.0 Å². The van der Waals surface area contributed by atoms with Gasteiger partial charge in [-0.1, -0.05) is 0 Å². The van der Waals surface area contributed by atoms with Crippen LogP contribution >= 0.6 is 0 Å². The first-order valence-corrected chi connectivity index (χ1v) is 5.26. The molecule has 15 heavy (non-hydrogen) atoms. The molecular formula is C12H11N3. The zero-order valence-electron chi connectivity index (χ0n) is 8.35. The van der Waals surface area contributed by atoms with E-state index in [9.17, 15) is 0 Å². The summed E-state index contributed by atoms with van der Waals surface area (Å²) in [6.07, 6.45) is 7.45. The molecule has 1 fully saturated rings. The molecule has 0 aromatic carbocycles. The zero-order valence-corrected chi connectivity index (χ0v) is 8.35. The molecule has 1 saturated carbocycles. The third-order valence-electron chi connectivity index (χ3n) is 3.18. The molecule has 3 rings (SSSR count). The number of nitrogens with zero attached hydrogens (tertiary/aromatic N) is 3. The highest BCUT2D eigenvalue weighted by Gasteiger charge is 2.22. The monoisotopic (exact) mass is 197 g/mol. The lowest BCUT2D eigenvalue weighted by Crippen LogP contribution is -2.16. The normalized spacial score (nSPS) is 16.2. The highest BCUT2D eigenvalue weighted by molar-refractivity contribution is 5.83. The van der Waals surface area contributed by atoms with Crippen molar-refractivity contribution in [2.24, 2.45) is 0 Å². The molecule has 1 aliphatic carbocycles. The average molecular weight is 197 g/mol. The van der Waals surface area contributed by atoms with Gasteiger partial charge in [-0.2, -0.15) is 5.26 Å². The van der Waals surface area contributed by atoms with Crippen LogP contribution in [0.5, 0.6) is 0 Å². The van der Waals surface area contributed by atoms with Crippen LogP contribution in [-0.2, 0) is 0 Å². The second-order valence-electron chi connectivity index (χ2n) is 4.02. The van der Waals surface area contributed by atoms with Gasteiger partial charge in [0.1, 0.15) is 11.7 Å². The minimum atomic E-state index is 0.560. The van der Waals surface area contributed by atoms with Gasteiger partial charge in [0, 0.05) is 23.8 Å². The molecule has 0 radical (unpaired) electrons. The van der Waals surface area contributed by atoms with Gasteiger partial charge in [-0.3, -0.25) is 0 Å². The van der Waals surface area contributed by atoms with Gasteiger partial charge in [0.2, 0.25) is 0 Å². The van der Waals surface area contributed by atoms with Crippen molar-refractivity contribution in [3.05, 3.63) is 30.1 Å². The number of rotatable bonds is 1. The Labute approximate surface area is 88.0 Å². The summed E-state index contributed by atoms with van der Waals surface area (Å²) in [6.45, 7) is 0. The van der Waals surface area contributed by atoms with E-state index in [4.69, 9.17) is 5.26 Å². The molecule has 2 aromatic rings. The molecule has 0 unspecified atom stereocenters. The minimum Gasteiger partial charge on any atom is -0.328 e. The summed E-state index contributed by atoms with van der Waals surface area (Å²) >= 11 is 0. The van der Waals surface area contributed by atoms with Gasteiger partial charge >= 0.3 is 0 Å². The van der Waals surface area contributed by atoms with Crippen LogP contribution in [0.15, 0.2) is 24.5 Å². The lowest BCUT2D eigenvalue weighted by atomic mass is 9.93. The van der Waals surface area contributed by atoms with E-state index in [1.54, 1.807) is 6.20 Å². The first-order chi connectivity index (χ1) is 7.40. The maximum Gasteiger partial charge on any atom is 0.141 e. The van der Waals surface area contributed by atoms with Crippen LogP contribution < -0.4 is 0 Å². The molecule has 1 aliphatic rings. The second-order valence-corrected chi connectivity index (χ2v) is 4.02. The molecule has 0 spiro atoms. The summed E-state index contributed by atoms with van der Waals surface area (Å²) in [5.41, 5.74) is 1.70. The van der Waals surface area contributed by atoms with Crippen LogP contribution in [0.4, 0.5) is 0 Å². The van der Waals surface area contributed by atoms with Crippen molar-refractivity contribution < 1.29 is 0 Å². The van der Waals surface area contributed by atoms with Gasteiger partial charge in [0.25, 0.3) is 0 Å². The second kappa shape index (κ2) is 3.09. The Kier molecular flexibility index (Phi) is 1.75. The zero-order chi connectivity index (χ0) is 10.3. The Balaban J connectivity index is 2.26. The standard InChI is InChI=1S/C12H11N3/c13-7-9-8-15(10-3-1-4-10)12-11(9)5-2-6-14-12/h2,5-6,8,10H,1,3-4H2. The molecule has 3 heteroatoms. The van der Waals surface area contributed by atoms with Crippen LogP contribution in [0.1, 0.15) is 30.9 Å². The molecule has 74 valence electrons. The van der Waals surface area contributed by atoms with Crippen molar-refractivity contribution in [1.82, 2.24) is 9.55 Å². The summed E-state index contributed by atoms with van der Waals surface area (Å²) in [5, 5.41) is 10.0. The van der Waals surface area contributed by atoms with Gasteiger partial charge < -0.3 is 4.57 Å². The summed E-state index contributed by atoms with van der Waals surface area (Å²) in [5.74, 6) is 0. The Morgan fingerprint density at radius 1 is 1.47 bits per heavy atom. The van der Waals surface area contributed by atoms with E-state index < -0.39 is 0 Å². The van der Waals surface area contributed by atoms with Crippen molar-refractivity contribution in [3.63, 3.8) is 0 Å². The third kappa shape index (κ3) is 1.15. The van der Waals surface area contributed by atoms with Crippen LogP contribution in [-0.4, -0.2) is 9.55 Å². The predicted octanol–water partition coefficient (Wildman–Crippen LogP) is 2.63. The molecule has 0 bridgehead atoms. The minimum absolute atomic E-state index is 0.560. The van der Waals surface area contributed by atoms with Crippen LogP contribution in [0.25, 0.3) is 11.0 Å². The van der Waals surface area contributed by atoms with Gasteiger partial charge in [0.15, 0.2) is 0 Å². The van der Waals surface area contributed by atoms with E-state index in [-0.39, 0.29) is 0 Å². The average Bonchev–Trinajstić information content (AvgIpc) is 2.55. The molecule has 0 N–H and O–H groups in total. The Hall–Kier alpha value is -1.82. The highest BCUT2D eigenvalue weighted by atomic mass is 15.1. The highest BCUT2D eigenvalue weighted by Crippen LogP contribution is 2.35. The van der Waals surface area contributed by atoms with E-state index >= 15 is 0 Å². The number of hydrogen-bond donors (Lipinski definition) is 0. The number of aromatic nitrogens is 2. The molecule has 0 amide bonds. The van der Waals surface area contributed by atoms with E-state index in [1.807, 2.05) is 18.3 Å². The lowest BCUT2D eigenvalue weighted by molar-refractivity contribution is 0.320. The fourth-order valence-electron chi connectivity index (χ4n) is 2.12. The maximum absolute atomic E-state index is 9.03. The van der Waals surface area contributed by atoms with Gasteiger partial charge in [-0.05, 0) is 31.4 Å². The first kappa shape index (κ1) is 8.49. The van der Waals surface area contributed by atoms with Gasteiger partial charge in [-0.25, -0.2) is 4.98 Å². The molecule has 0 saturated heterocycles. The lowest BCUT2D eigenvalue weighted by Gasteiger charge is -2.27.